The molecule has 1 aromatic rings. The molecule has 1 heteroatoms. The molecule has 0 saturated heterocycles. The van der Waals surface area contributed by atoms with E-state index in [0.717, 1.165) is 17.4 Å². The van der Waals surface area contributed by atoms with Crippen LogP contribution in [0.3, 0.4) is 0 Å². The van der Waals surface area contributed by atoms with E-state index < -0.39 is 0 Å². The molecule has 1 nitrogen and oxygen atoms in total. The number of aliphatic hydroxyl groups is 1. The second-order valence-electron chi connectivity index (χ2n) is 5.75. The van der Waals surface area contributed by atoms with Crippen molar-refractivity contribution >= 4 is 0 Å². The van der Waals surface area contributed by atoms with Gasteiger partial charge in [-0.1, -0.05) is 44.0 Å². The van der Waals surface area contributed by atoms with Crippen LogP contribution in [0.2, 0.25) is 0 Å². The van der Waals surface area contributed by atoms with E-state index in [4.69, 9.17) is 0 Å². The van der Waals surface area contributed by atoms with Crippen molar-refractivity contribution in [3.8, 4) is 0 Å². The first kappa shape index (κ1) is 12.6. The lowest BCUT2D eigenvalue weighted by Crippen LogP contribution is -2.14. The smallest absolute Gasteiger partial charge is 0.0761 e. The van der Waals surface area contributed by atoms with Gasteiger partial charge < -0.3 is 5.11 Å². The minimum atomic E-state index is -0.348. The third-order valence-electron chi connectivity index (χ3n) is 4.12. The van der Waals surface area contributed by atoms with E-state index in [1.165, 1.54) is 37.7 Å². The molecule has 94 valence electrons. The Morgan fingerprint density at radius 3 is 2.24 bits per heavy atom. The van der Waals surface area contributed by atoms with Crippen molar-refractivity contribution in [1.82, 2.24) is 0 Å². The predicted molar refractivity (Wildman–Crippen MR) is 71.9 cm³/mol. The van der Waals surface area contributed by atoms with Crippen molar-refractivity contribution in [1.29, 1.82) is 0 Å². The molecule has 1 unspecified atom stereocenters. The molecule has 1 aromatic carbocycles. The van der Waals surface area contributed by atoms with Crippen LogP contribution in [0.15, 0.2) is 24.3 Å². The third-order valence-corrected chi connectivity index (χ3v) is 4.12. The Hall–Kier alpha value is -0.820. The van der Waals surface area contributed by atoms with E-state index in [0.29, 0.717) is 0 Å². The number of hydrogen-bond donors (Lipinski definition) is 1. The lowest BCUT2D eigenvalue weighted by Gasteiger charge is -2.26. The molecule has 1 fully saturated rings. The largest absolute Gasteiger partial charge is 0.389 e. The van der Waals surface area contributed by atoms with Crippen molar-refractivity contribution in [3.05, 3.63) is 35.4 Å². The summed E-state index contributed by atoms with van der Waals surface area (Å²) in [6.07, 6.45) is 6.44. The molecule has 2 rings (SSSR count). The first-order valence-electron chi connectivity index (χ1n) is 6.92. The van der Waals surface area contributed by atoms with Gasteiger partial charge in [0.05, 0.1) is 6.10 Å². The monoisotopic (exact) mass is 232 g/mol. The van der Waals surface area contributed by atoms with Crippen LogP contribution < -0.4 is 0 Å². The number of benzene rings is 1. The zero-order valence-electron chi connectivity index (χ0n) is 11.0. The highest BCUT2D eigenvalue weighted by atomic mass is 16.3. The highest BCUT2D eigenvalue weighted by Crippen LogP contribution is 2.30. The van der Waals surface area contributed by atoms with Crippen LogP contribution in [0, 0.1) is 11.8 Å². The molecule has 0 radical (unpaired) electrons. The van der Waals surface area contributed by atoms with Gasteiger partial charge in [-0.15, -0.1) is 0 Å². The van der Waals surface area contributed by atoms with Crippen molar-refractivity contribution in [2.45, 2.75) is 52.1 Å². The lowest BCUT2D eigenvalue weighted by atomic mass is 9.80. The van der Waals surface area contributed by atoms with E-state index >= 15 is 0 Å². The van der Waals surface area contributed by atoms with Gasteiger partial charge in [-0.25, -0.2) is 0 Å². The van der Waals surface area contributed by atoms with Gasteiger partial charge in [-0.2, -0.15) is 0 Å². The lowest BCUT2D eigenvalue weighted by molar-refractivity contribution is 0.199. The van der Waals surface area contributed by atoms with Gasteiger partial charge in [0.15, 0.2) is 0 Å². The Balaban J connectivity index is 1.90. The average Bonchev–Trinajstić information content (AvgIpc) is 2.33. The van der Waals surface area contributed by atoms with Crippen LogP contribution in [0.1, 0.15) is 56.8 Å². The van der Waals surface area contributed by atoms with E-state index in [1.54, 1.807) is 0 Å². The van der Waals surface area contributed by atoms with Crippen LogP contribution in [0.4, 0.5) is 0 Å². The zero-order valence-corrected chi connectivity index (χ0v) is 11.0. The summed E-state index contributed by atoms with van der Waals surface area (Å²) >= 11 is 0. The van der Waals surface area contributed by atoms with Crippen molar-refractivity contribution in [3.63, 3.8) is 0 Å². The Labute approximate surface area is 105 Å². The van der Waals surface area contributed by atoms with Crippen LogP contribution in [0.5, 0.6) is 0 Å². The fourth-order valence-corrected chi connectivity index (χ4v) is 2.80. The Bertz CT molecular complexity index is 331. The minimum Gasteiger partial charge on any atom is -0.389 e. The number of aliphatic hydroxyl groups excluding tert-OH is 1. The maximum atomic E-state index is 9.47. The fourth-order valence-electron chi connectivity index (χ4n) is 2.80. The summed E-state index contributed by atoms with van der Waals surface area (Å²) in [4.78, 5) is 0. The molecule has 1 saturated carbocycles. The summed E-state index contributed by atoms with van der Waals surface area (Å²) in [6, 6.07) is 8.48. The van der Waals surface area contributed by atoms with Gasteiger partial charge >= 0.3 is 0 Å². The Morgan fingerprint density at radius 2 is 1.71 bits per heavy atom. The SMILES string of the molecule is CC1CCC(Cc2ccc(C(C)O)cc2)CC1. The maximum Gasteiger partial charge on any atom is 0.0761 e. The standard InChI is InChI=1S/C16H24O/c1-12-3-5-14(6-4-12)11-15-7-9-16(10-8-15)13(2)17/h7-10,12-14,17H,3-6,11H2,1-2H3. The van der Waals surface area contributed by atoms with Gasteiger partial charge in [0, 0.05) is 0 Å². The third kappa shape index (κ3) is 3.57. The van der Waals surface area contributed by atoms with Crippen LogP contribution >= 0.6 is 0 Å². The summed E-state index contributed by atoms with van der Waals surface area (Å²) in [7, 11) is 0. The van der Waals surface area contributed by atoms with Gasteiger partial charge in [0.25, 0.3) is 0 Å². The van der Waals surface area contributed by atoms with Gasteiger partial charge in [-0.05, 0) is 49.1 Å². The second-order valence-corrected chi connectivity index (χ2v) is 5.75. The molecule has 1 atom stereocenters. The number of rotatable bonds is 3. The zero-order chi connectivity index (χ0) is 12.3. The molecule has 0 bridgehead atoms. The minimum absolute atomic E-state index is 0.348. The normalized spacial score (nSPS) is 26.8. The fraction of sp³-hybridized carbons (Fsp3) is 0.625. The molecule has 0 aromatic heterocycles. The molecule has 1 aliphatic rings. The average molecular weight is 232 g/mol. The van der Waals surface area contributed by atoms with E-state index in [-0.39, 0.29) is 6.10 Å². The molecule has 0 spiro atoms. The highest BCUT2D eigenvalue weighted by molar-refractivity contribution is 5.24. The van der Waals surface area contributed by atoms with Gasteiger partial charge in [0.1, 0.15) is 0 Å². The first-order chi connectivity index (χ1) is 8.15. The molecule has 0 amide bonds. The van der Waals surface area contributed by atoms with Crippen LogP contribution in [0.25, 0.3) is 0 Å². The Kier molecular flexibility index (Phi) is 4.22. The van der Waals surface area contributed by atoms with E-state index in [1.807, 2.05) is 6.92 Å². The summed E-state index contributed by atoms with van der Waals surface area (Å²) in [5.41, 5.74) is 2.44. The second kappa shape index (κ2) is 5.68. The summed E-state index contributed by atoms with van der Waals surface area (Å²) in [5, 5.41) is 9.47. The van der Waals surface area contributed by atoms with Crippen molar-refractivity contribution < 1.29 is 5.11 Å². The quantitative estimate of drug-likeness (QED) is 0.831. The van der Waals surface area contributed by atoms with E-state index in [9.17, 15) is 5.11 Å². The molecular formula is C16H24O. The molecular weight excluding hydrogens is 208 g/mol. The molecule has 1 aliphatic carbocycles. The van der Waals surface area contributed by atoms with Gasteiger partial charge in [0.2, 0.25) is 0 Å². The Morgan fingerprint density at radius 1 is 1.12 bits per heavy atom. The molecule has 1 N–H and O–H groups in total. The number of hydrogen-bond acceptors (Lipinski definition) is 1. The molecule has 17 heavy (non-hydrogen) atoms. The highest BCUT2D eigenvalue weighted by Gasteiger charge is 2.18. The summed E-state index contributed by atoms with van der Waals surface area (Å²) in [5.74, 6) is 1.81. The van der Waals surface area contributed by atoms with Crippen molar-refractivity contribution in [2.75, 3.05) is 0 Å². The molecule has 0 aliphatic heterocycles. The maximum absolute atomic E-state index is 9.47. The first-order valence-corrected chi connectivity index (χ1v) is 6.92. The summed E-state index contributed by atoms with van der Waals surface area (Å²) < 4.78 is 0. The molecule has 0 heterocycles. The van der Waals surface area contributed by atoms with Crippen LogP contribution in [-0.4, -0.2) is 5.11 Å². The van der Waals surface area contributed by atoms with Crippen LogP contribution in [-0.2, 0) is 6.42 Å². The summed E-state index contributed by atoms with van der Waals surface area (Å²) in [6.45, 7) is 4.19. The predicted octanol–water partition coefficient (Wildman–Crippen LogP) is 4.11. The topological polar surface area (TPSA) is 20.2 Å². The van der Waals surface area contributed by atoms with Crippen molar-refractivity contribution in [2.24, 2.45) is 11.8 Å². The van der Waals surface area contributed by atoms with E-state index in [2.05, 4.69) is 31.2 Å². The van der Waals surface area contributed by atoms with Gasteiger partial charge in [-0.3, -0.25) is 0 Å².